The molecule has 3 aromatic rings. The third-order valence-corrected chi connectivity index (χ3v) is 6.19. The van der Waals surface area contributed by atoms with Crippen molar-refractivity contribution in [1.82, 2.24) is 9.88 Å². The van der Waals surface area contributed by atoms with Crippen LogP contribution in [0.15, 0.2) is 29.2 Å². The highest BCUT2D eigenvalue weighted by Gasteiger charge is 2.31. The van der Waals surface area contributed by atoms with Crippen molar-refractivity contribution >= 4 is 28.2 Å². The lowest BCUT2D eigenvalue weighted by molar-refractivity contribution is 0.0695. The summed E-state index contributed by atoms with van der Waals surface area (Å²) in [6.07, 6.45) is 2.08. The van der Waals surface area contributed by atoms with Crippen molar-refractivity contribution in [2.24, 2.45) is 0 Å². The summed E-state index contributed by atoms with van der Waals surface area (Å²) < 4.78 is 30.7. The second-order valence-corrected chi connectivity index (χ2v) is 8.49. The molecule has 0 bridgehead atoms. The largest absolute Gasteiger partial charge is 0.477 e. The number of nitrogens with two attached hydrogens (primary N) is 1. The number of carboxylic acid groups (broad SMARTS) is 1. The number of fused-ring (bicyclic) bond motifs is 1. The molecule has 1 aromatic heterocycles. The summed E-state index contributed by atoms with van der Waals surface area (Å²) in [4.78, 5) is 26.6. The SMILES string of the molecule is CCCNC1CN(c2c(F)cc3c(=O)c(C(=O)O)cn(-c4cc(N)c(F)cc4CO)c3c2C)C1. The Morgan fingerprint density at radius 2 is 1.94 bits per heavy atom. The van der Waals surface area contributed by atoms with E-state index in [0.29, 0.717) is 24.3 Å². The number of nitrogens with one attached hydrogen (secondary N) is 1. The molecule has 4 rings (SSSR count). The molecule has 1 aliphatic rings. The molecule has 2 aromatic carbocycles. The van der Waals surface area contributed by atoms with Crippen molar-refractivity contribution in [2.75, 3.05) is 30.3 Å². The quantitative estimate of drug-likeness (QED) is 0.390. The number of pyridine rings is 1. The summed E-state index contributed by atoms with van der Waals surface area (Å²) in [6.45, 7) is 5.15. The van der Waals surface area contributed by atoms with Crippen LogP contribution in [-0.2, 0) is 6.61 Å². The van der Waals surface area contributed by atoms with Crippen LogP contribution in [0.1, 0.15) is 34.8 Å². The van der Waals surface area contributed by atoms with E-state index >= 15 is 4.39 Å². The number of aryl methyl sites for hydroxylation is 1. The van der Waals surface area contributed by atoms with Gasteiger partial charge in [0.1, 0.15) is 17.2 Å². The first kappa shape index (κ1) is 23.7. The molecule has 0 atom stereocenters. The number of nitrogen functional groups attached to an aromatic ring is 1. The van der Waals surface area contributed by atoms with Crippen LogP contribution in [0.2, 0.25) is 0 Å². The fraction of sp³-hybridized carbons (Fsp3) is 0.333. The van der Waals surface area contributed by atoms with Gasteiger partial charge in [-0.25, -0.2) is 13.6 Å². The van der Waals surface area contributed by atoms with E-state index < -0.39 is 35.2 Å². The van der Waals surface area contributed by atoms with Crippen molar-refractivity contribution in [2.45, 2.75) is 32.9 Å². The van der Waals surface area contributed by atoms with Gasteiger partial charge in [-0.3, -0.25) is 4.79 Å². The summed E-state index contributed by atoms with van der Waals surface area (Å²) in [6, 6.07) is 3.56. The number of carbonyl (C=O) groups is 1. The highest BCUT2D eigenvalue weighted by molar-refractivity contribution is 5.96. The molecule has 0 spiro atoms. The van der Waals surface area contributed by atoms with Gasteiger partial charge in [0.15, 0.2) is 0 Å². The smallest absolute Gasteiger partial charge is 0.341 e. The van der Waals surface area contributed by atoms with Crippen molar-refractivity contribution < 1.29 is 23.8 Å². The monoisotopic (exact) mass is 472 g/mol. The highest BCUT2D eigenvalue weighted by Crippen LogP contribution is 2.35. The Labute approximate surface area is 194 Å². The van der Waals surface area contributed by atoms with E-state index in [4.69, 9.17) is 5.73 Å². The number of aromatic carboxylic acids is 1. The van der Waals surface area contributed by atoms with Crippen LogP contribution < -0.4 is 21.4 Å². The van der Waals surface area contributed by atoms with Crippen LogP contribution in [0.25, 0.3) is 16.6 Å². The Balaban J connectivity index is 1.99. The number of aliphatic hydroxyl groups is 1. The van der Waals surface area contributed by atoms with E-state index in [-0.39, 0.29) is 33.9 Å². The van der Waals surface area contributed by atoms with Crippen LogP contribution in [0.5, 0.6) is 0 Å². The van der Waals surface area contributed by atoms with E-state index in [1.807, 2.05) is 4.90 Å². The molecular formula is C24H26F2N4O4. The maximum Gasteiger partial charge on any atom is 0.341 e. The maximum atomic E-state index is 15.3. The molecular weight excluding hydrogens is 446 g/mol. The third kappa shape index (κ3) is 3.88. The van der Waals surface area contributed by atoms with E-state index in [0.717, 1.165) is 31.3 Å². The number of benzene rings is 2. The van der Waals surface area contributed by atoms with Gasteiger partial charge < -0.3 is 30.7 Å². The van der Waals surface area contributed by atoms with Gasteiger partial charge in [-0.15, -0.1) is 0 Å². The minimum absolute atomic E-state index is 0.131. The molecule has 1 fully saturated rings. The molecule has 10 heteroatoms. The molecule has 180 valence electrons. The second-order valence-electron chi connectivity index (χ2n) is 8.49. The van der Waals surface area contributed by atoms with E-state index in [1.54, 1.807) is 6.92 Å². The Hall–Kier alpha value is -3.50. The first-order valence-electron chi connectivity index (χ1n) is 11.0. The molecule has 1 aliphatic heterocycles. The minimum atomic E-state index is -1.49. The number of hydrogen-bond acceptors (Lipinski definition) is 6. The molecule has 0 unspecified atom stereocenters. The van der Waals surface area contributed by atoms with Crippen molar-refractivity contribution in [3.05, 3.63) is 62.9 Å². The lowest BCUT2D eigenvalue weighted by atomic mass is 10.00. The molecule has 0 amide bonds. The van der Waals surface area contributed by atoms with Crippen molar-refractivity contribution in [3.63, 3.8) is 0 Å². The minimum Gasteiger partial charge on any atom is -0.477 e. The molecule has 2 heterocycles. The number of hydrogen-bond donors (Lipinski definition) is 4. The number of carboxylic acids is 1. The number of aliphatic hydroxyl groups excluding tert-OH is 1. The third-order valence-electron chi connectivity index (χ3n) is 6.19. The normalized spacial score (nSPS) is 14.0. The van der Waals surface area contributed by atoms with Crippen LogP contribution in [0.4, 0.5) is 20.2 Å². The van der Waals surface area contributed by atoms with Crippen LogP contribution in [-0.4, -0.2) is 46.4 Å². The zero-order valence-corrected chi connectivity index (χ0v) is 18.9. The standard InChI is InChI=1S/C24H26F2N4O4/c1-3-4-28-14-8-29(9-14)22-12(2)21-15(6-18(22)26)23(32)16(24(33)34)10-30(21)20-7-19(27)17(25)5-13(20)11-31/h5-7,10,14,28,31H,3-4,8-9,11,27H2,1-2H3,(H,33,34). The first-order chi connectivity index (χ1) is 16.2. The number of anilines is 2. The molecule has 0 aliphatic carbocycles. The number of rotatable bonds is 7. The van der Waals surface area contributed by atoms with Gasteiger partial charge in [-0.2, -0.15) is 0 Å². The van der Waals surface area contributed by atoms with Gasteiger partial charge in [-0.1, -0.05) is 6.92 Å². The molecule has 5 N–H and O–H groups in total. The Morgan fingerprint density at radius 3 is 2.56 bits per heavy atom. The average molecular weight is 472 g/mol. The van der Waals surface area contributed by atoms with Gasteiger partial charge in [0.2, 0.25) is 5.43 Å². The highest BCUT2D eigenvalue weighted by atomic mass is 19.1. The Morgan fingerprint density at radius 1 is 1.24 bits per heavy atom. The topological polar surface area (TPSA) is 121 Å². The summed E-state index contributed by atoms with van der Waals surface area (Å²) in [7, 11) is 0. The lowest BCUT2D eigenvalue weighted by Crippen LogP contribution is -2.58. The summed E-state index contributed by atoms with van der Waals surface area (Å²) in [5.74, 6) is -2.87. The Bertz CT molecular complexity index is 1350. The van der Waals surface area contributed by atoms with Gasteiger partial charge >= 0.3 is 5.97 Å². The Kier molecular flexibility index (Phi) is 6.28. The van der Waals surface area contributed by atoms with Gasteiger partial charge in [-0.05, 0) is 38.1 Å². The fourth-order valence-electron chi connectivity index (χ4n) is 4.48. The van der Waals surface area contributed by atoms with Crippen LogP contribution >= 0.6 is 0 Å². The molecule has 0 radical (unpaired) electrons. The number of nitrogens with zero attached hydrogens (tertiary/aromatic N) is 2. The summed E-state index contributed by atoms with van der Waals surface area (Å²) >= 11 is 0. The average Bonchev–Trinajstić information content (AvgIpc) is 2.76. The van der Waals surface area contributed by atoms with Crippen LogP contribution in [0.3, 0.4) is 0 Å². The van der Waals surface area contributed by atoms with Crippen LogP contribution in [0, 0.1) is 18.6 Å². The number of aromatic nitrogens is 1. The zero-order valence-electron chi connectivity index (χ0n) is 18.9. The molecule has 0 saturated carbocycles. The first-order valence-corrected chi connectivity index (χ1v) is 11.0. The van der Waals surface area contributed by atoms with Crippen molar-refractivity contribution in [1.29, 1.82) is 0 Å². The van der Waals surface area contributed by atoms with E-state index in [2.05, 4.69) is 12.2 Å². The van der Waals surface area contributed by atoms with Gasteiger partial charge in [0.25, 0.3) is 0 Å². The molecule has 34 heavy (non-hydrogen) atoms. The second kappa shape index (κ2) is 9.03. The fourth-order valence-corrected chi connectivity index (χ4v) is 4.48. The van der Waals surface area contributed by atoms with Crippen molar-refractivity contribution in [3.8, 4) is 5.69 Å². The van der Waals surface area contributed by atoms with E-state index in [1.165, 1.54) is 10.6 Å². The van der Waals surface area contributed by atoms with Gasteiger partial charge in [0.05, 0.1) is 34.6 Å². The maximum absolute atomic E-state index is 15.3. The summed E-state index contributed by atoms with van der Waals surface area (Å²) in [5.41, 5.74) is 5.43. The lowest BCUT2D eigenvalue weighted by Gasteiger charge is -2.42. The number of halogens is 2. The molecule has 1 saturated heterocycles. The van der Waals surface area contributed by atoms with E-state index in [9.17, 15) is 24.2 Å². The predicted octanol–water partition coefficient (Wildman–Crippen LogP) is 2.54. The van der Waals surface area contributed by atoms with Gasteiger partial charge in [0, 0.05) is 36.5 Å². The summed E-state index contributed by atoms with van der Waals surface area (Å²) in [5, 5.41) is 22.7. The predicted molar refractivity (Wildman–Crippen MR) is 126 cm³/mol. The zero-order chi connectivity index (χ0) is 24.7. The molecule has 8 nitrogen and oxygen atoms in total.